The molecule has 2 aromatic rings. The summed E-state index contributed by atoms with van der Waals surface area (Å²) in [4.78, 5) is 11.9. The molecule has 20 heavy (non-hydrogen) atoms. The van der Waals surface area contributed by atoms with Crippen LogP contribution >= 0.6 is 0 Å². The molecular weight excluding hydrogens is 250 g/mol. The second kappa shape index (κ2) is 5.27. The minimum Gasteiger partial charge on any atom is -0.347 e. The minimum atomic E-state index is 0.287. The summed E-state index contributed by atoms with van der Waals surface area (Å²) in [7, 11) is 0. The Balaban J connectivity index is 1.78. The van der Waals surface area contributed by atoms with E-state index in [1.54, 1.807) is 0 Å². The van der Waals surface area contributed by atoms with Crippen LogP contribution in [0.5, 0.6) is 0 Å². The van der Waals surface area contributed by atoms with Gasteiger partial charge in [-0.1, -0.05) is 6.92 Å². The predicted molar refractivity (Wildman–Crippen MR) is 78.0 cm³/mol. The summed E-state index contributed by atoms with van der Waals surface area (Å²) in [5.41, 5.74) is 3.16. The zero-order valence-electron chi connectivity index (χ0n) is 12.2. The summed E-state index contributed by atoms with van der Waals surface area (Å²) in [6.45, 7) is 5.07. The van der Waals surface area contributed by atoms with Crippen LogP contribution in [0.3, 0.4) is 0 Å². The number of Topliss-reactive ketones (excluding diaryl/α,β-unsaturated/α-hetero) is 1. The highest BCUT2D eigenvalue weighted by atomic mass is 16.1. The van der Waals surface area contributed by atoms with Crippen molar-refractivity contribution < 1.29 is 4.79 Å². The van der Waals surface area contributed by atoms with Crippen molar-refractivity contribution in [3.63, 3.8) is 0 Å². The Bertz CT molecular complexity index is 623. The molecule has 0 bridgehead atoms. The van der Waals surface area contributed by atoms with Gasteiger partial charge in [-0.2, -0.15) is 5.10 Å². The first-order valence-electron chi connectivity index (χ1n) is 7.43. The standard InChI is InChI=1S/C16H21N3O/c1-3-12(2)19-8-7-14(17-19)10-18-9-13-5-4-6-16(20)15(13)11-18/h7-9,11-12H,3-6,10H2,1-2H3. The number of carbonyl (C=O) groups is 1. The smallest absolute Gasteiger partial charge is 0.164 e. The predicted octanol–water partition coefficient (Wildman–Crippen LogP) is 3.22. The third-order valence-electron chi connectivity index (χ3n) is 4.16. The van der Waals surface area contributed by atoms with Crippen LogP contribution in [0.25, 0.3) is 0 Å². The van der Waals surface area contributed by atoms with E-state index in [2.05, 4.69) is 35.8 Å². The molecule has 0 spiro atoms. The Hall–Kier alpha value is -1.84. The molecular formula is C16H21N3O. The highest BCUT2D eigenvalue weighted by Gasteiger charge is 2.19. The van der Waals surface area contributed by atoms with Gasteiger partial charge in [0, 0.05) is 36.6 Å². The van der Waals surface area contributed by atoms with Gasteiger partial charge in [0.1, 0.15) is 0 Å². The molecule has 1 unspecified atom stereocenters. The summed E-state index contributed by atoms with van der Waals surface area (Å²) >= 11 is 0. The van der Waals surface area contributed by atoms with E-state index in [4.69, 9.17) is 0 Å². The highest BCUT2D eigenvalue weighted by Crippen LogP contribution is 2.22. The highest BCUT2D eigenvalue weighted by molar-refractivity contribution is 5.98. The fourth-order valence-electron chi connectivity index (χ4n) is 2.75. The number of rotatable bonds is 4. The van der Waals surface area contributed by atoms with Gasteiger partial charge in [0.05, 0.1) is 12.2 Å². The molecule has 106 valence electrons. The van der Waals surface area contributed by atoms with Gasteiger partial charge in [-0.15, -0.1) is 0 Å². The summed E-state index contributed by atoms with van der Waals surface area (Å²) in [6.07, 6.45) is 9.91. The van der Waals surface area contributed by atoms with Crippen LogP contribution in [0.2, 0.25) is 0 Å². The summed E-state index contributed by atoms with van der Waals surface area (Å²) in [5.74, 6) is 0.287. The lowest BCUT2D eigenvalue weighted by molar-refractivity contribution is 0.0973. The van der Waals surface area contributed by atoms with Crippen LogP contribution in [0, 0.1) is 0 Å². The number of hydrogen-bond donors (Lipinski definition) is 0. The first kappa shape index (κ1) is 13.2. The number of hydrogen-bond acceptors (Lipinski definition) is 2. The second-order valence-corrected chi connectivity index (χ2v) is 5.69. The lowest BCUT2D eigenvalue weighted by Crippen LogP contribution is -2.07. The van der Waals surface area contributed by atoms with Crippen molar-refractivity contribution in [2.75, 3.05) is 0 Å². The van der Waals surface area contributed by atoms with Crippen molar-refractivity contribution in [2.45, 2.75) is 52.1 Å². The van der Waals surface area contributed by atoms with Crippen molar-refractivity contribution >= 4 is 5.78 Å². The molecule has 0 aromatic carbocycles. The lowest BCUT2D eigenvalue weighted by Gasteiger charge is -2.08. The van der Waals surface area contributed by atoms with Crippen molar-refractivity contribution in [2.24, 2.45) is 0 Å². The Kier molecular flexibility index (Phi) is 3.47. The van der Waals surface area contributed by atoms with Crippen LogP contribution in [0.15, 0.2) is 24.7 Å². The lowest BCUT2D eigenvalue weighted by atomic mass is 9.95. The summed E-state index contributed by atoms with van der Waals surface area (Å²) in [5, 5.41) is 4.61. The molecule has 3 rings (SSSR count). The van der Waals surface area contributed by atoms with Crippen LogP contribution in [0.4, 0.5) is 0 Å². The summed E-state index contributed by atoms with van der Waals surface area (Å²) < 4.78 is 4.11. The van der Waals surface area contributed by atoms with Gasteiger partial charge in [-0.25, -0.2) is 0 Å². The molecule has 0 saturated heterocycles. The number of aromatic nitrogens is 3. The molecule has 2 aromatic heterocycles. The monoisotopic (exact) mass is 271 g/mol. The van der Waals surface area contributed by atoms with Crippen LogP contribution in [0.1, 0.15) is 60.8 Å². The van der Waals surface area contributed by atoms with Gasteiger partial charge in [0.15, 0.2) is 5.78 Å². The first-order chi connectivity index (χ1) is 9.67. The van der Waals surface area contributed by atoms with Gasteiger partial charge >= 0.3 is 0 Å². The maximum Gasteiger partial charge on any atom is 0.164 e. The Morgan fingerprint density at radius 3 is 2.95 bits per heavy atom. The Morgan fingerprint density at radius 2 is 2.20 bits per heavy atom. The zero-order chi connectivity index (χ0) is 14.1. The normalized spacial score (nSPS) is 16.2. The van der Waals surface area contributed by atoms with Gasteiger partial charge in [-0.05, 0) is 37.8 Å². The van der Waals surface area contributed by atoms with E-state index in [0.29, 0.717) is 12.5 Å². The van der Waals surface area contributed by atoms with E-state index in [0.717, 1.165) is 37.1 Å². The maximum absolute atomic E-state index is 11.9. The molecule has 0 saturated carbocycles. The average Bonchev–Trinajstić information content (AvgIpc) is 3.05. The molecule has 0 fully saturated rings. The molecule has 0 amide bonds. The van der Waals surface area contributed by atoms with E-state index < -0.39 is 0 Å². The maximum atomic E-state index is 11.9. The fraction of sp³-hybridized carbons (Fsp3) is 0.500. The SMILES string of the molecule is CCC(C)n1ccc(Cn2cc3c(c2)C(=O)CCC3)n1. The number of aryl methyl sites for hydroxylation is 1. The van der Waals surface area contributed by atoms with Crippen molar-refractivity contribution in [1.82, 2.24) is 14.3 Å². The van der Waals surface area contributed by atoms with Crippen molar-refractivity contribution in [1.29, 1.82) is 0 Å². The number of fused-ring (bicyclic) bond motifs is 1. The largest absolute Gasteiger partial charge is 0.347 e. The van der Waals surface area contributed by atoms with Crippen molar-refractivity contribution in [3.8, 4) is 0 Å². The molecule has 0 aliphatic heterocycles. The van der Waals surface area contributed by atoms with Gasteiger partial charge < -0.3 is 4.57 Å². The number of nitrogens with zero attached hydrogens (tertiary/aromatic N) is 3. The van der Waals surface area contributed by atoms with Crippen molar-refractivity contribution in [3.05, 3.63) is 41.5 Å². The molecule has 0 N–H and O–H groups in total. The Morgan fingerprint density at radius 1 is 1.35 bits per heavy atom. The van der Waals surface area contributed by atoms with E-state index in [1.807, 2.05) is 17.1 Å². The van der Waals surface area contributed by atoms with E-state index in [1.165, 1.54) is 5.56 Å². The molecule has 1 atom stereocenters. The molecule has 2 heterocycles. The van der Waals surface area contributed by atoms with Gasteiger partial charge in [0.25, 0.3) is 0 Å². The third-order valence-corrected chi connectivity index (χ3v) is 4.16. The second-order valence-electron chi connectivity index (χ2n) is 5.69. The molecule has 1 aliphatic rings. The fourth-order valence-corrected chi connectivity index (χ4v) is 2.75. The molecule has 0 radical (unpaired) electrons. The zero-order valence-corrected chi connectivity index (χ0v) is 12.2. The quantitative estimate of drug-likeness (QED) is 0.856. The van der Waals surface area contributed by atoms with E-state index >= 15 is 0 Å². The molecule has 4 nitrogen and oxygen atoms in total. The summed E-state index contributed by atoms with van der Waals surface area (Å²) in [6, 6.07) is 2.50. The van der Waals surface area contributed by atoms with Crippen LogP contribution in [-0.4, -0.2) is 20.1 Å². The van der Waals surface area contributed by atoms with Crippen LogP contribution in [-0.2, 0) is 13.0 Å². The molecule has 4 heteroatoms. The topological polar surface area (TPSA) is 39.8 Å². The minimum absolute atomic E-state index is 0.287. The number of ketones is 1. The van der Waals surface area contributed by atoms with E-state index in [-0.39, 0.29) is 5.78 Å². The first-order valence-corrected chi connectivity index (χ1v) is 7.43. The average molecular weight is 271 g/mol. The Labute approximate surface area is 119 Å². The third kappa shape index (κ3) is 2.42. The van der Waals surface area contributed by atoms with E-state index in [9.17, 15) is 4.79 Å². The number of carbonyl (C=O) groups excluding carboxylic acids is 1. The van der Waals surface area contributed by atoms with Gasteiger partial charge in [-0.3, -0.25) is 9.48 Å². The van der Waals surface area contributed by atoms with Gasteiger partial charge in [0.2, 0.25) is 0 Å². The van der Waals surface area contributed by atoms with Crippen LogP contribution < -0.4 is 0 Å². The molecule has 1 aliphatic carbocycles.